The first kappa shape index (κ1) is 13.2. The van der Waals surface area contributed by atoms with E-state index in [0.717, 1.165) is 15.9 Å². The number of aromatic nitrogens is 2. The molecule has 0 radical (unpaired) electrons. The molecule has 0 unspecified atom stereocenters. The maximum atomic E-state index is 12.2. The average molecular weight is 281 g/mol. The van der Waals surface area contributed by atoms with Crippen molar-refractivity contribution in [1.82, 2.24) is 14.9 Å². The lowest BCUT2D eigenvalue weighted by Crippen LogP contribution is -2.30. The van der Waals surface area contributed by atoms with Crippen molar-refractivity contribution < 1.29 is 14.7 Å². The van der Waals surface area contributed by atoms with Gasteiger partial charge in [0, 0.05) is 7.05 Å². The number of fused-ring (bicyclic) bond motifs is 1. The van der Waals surface area contributed by atoms with Gasteiger partial charge in [0.05, 0.1) is 11.7 Å². The Balaban J connectivity index is 2.64. The third-order valence-electron chi connectivity index (χ3n) is 2.70. The molecule has 19 heavy (non-hydrogen) atoms. The number of carboxylic acids is 1. The van der Waals surface area contributed by atoms with Crippen LogP contribution in [0.4, 0.5) is 0 Å². The van der Waals surface area contributed by atoms with E-state index in [4.69, 9.17) is 5.11 Å². The topological polar surface area (TPSA) is 101 Å². The first-order chi connectivity index (χ1) is 8.95. The molecule has 0 aliphatic rings. The number of likely N-dealkylation sites (N-methyl/N-ethyl adjacent to an activating group) is 1. The Kier molecular flexibility index (Phi) is 3.34. The highest BCUT2D eigenvalue weighted by atomic mass is 32.1. The van der Waals surface area contributed by atoms with Gasteiger partial charge < -0.3 is 10.4 Å². The van der Waals surface area contributed by atoms with Gasteiger partial charge >= 0.3 is 5.97 Å². The smallest absolute Gasteiger partial charge is 0.346 e. The minimum absolute atomic E-state index is 0.0947. The lowest BCUT2D eigenvalue weighted by molar-refractivity contribution is -0.121. The molecule has 0 spiro atoms. The van der Waals surface area contributed by atoms with E-state index in [0.29, 0.717) is 10.4 Å². The molecule has 8 heteroatoms. The number of amides is 1. The summed E-state index contributed by atoms with van der Waals surface area (Å²) in [6.07, 6.45) is 1.25. The predicted octanol–water partition coefficient (Wildman–Crippen LogP) is 0.211. The van der Waals surface area contributed by atoms with Crippen molar-refractivity contribution in [2.45, 2.75) is 13.5 Å². The van der Waals surface area contributed by atoms with E-state index in [9.17, 15) is 14.4 Å². The van der Waals surface area contributed by atoms with Crippen molar-refractivity contribution >= 4 is 33.4 Å². The van der Waals surface area contributed by atoms with Crippen molar-refractivity contribution in [3.63, 3.8) is 0 Å². The van der Waals surface area contributed by atoms with Gasteiger partial charge in [-0.3, -0.25) is 14.2 Å². The van der Waals surface area contributed by atoms with Crippen LogP contribution in [0.25, 0.3) is 10.2 Å². The van der Waals surface area contributed by atoms with Gasteiger partial charge in [0.15, 0.2) is 0 Å². The largest absolute Gasteiger partial charge is 0.477 e. The Hall–Kier alpha value is -2.22. The zero-order chi connectivity index (χ0) is 14.2. The summed E-state index contributed by atoms with van der Waals surface area (Å²) in [5, 5.41) is 11.7. The quantitative estimate of drug-likeness (QED) is 0.837. The van der Waals surface area contributed by atoms with Gasteiger partial charge in [-0.1, -0.05) is 0 Å². The van der Waals surface area contributed by atoms with Crippen LogP contribution < -0.4 is 10.9 Å². The fourth-order valence-corrected chi connectivity index (χ4v) is 2.69. The summed E-state index contributed by atoms with van der Waals surface area (Å²) >= 11 is 0.955. The molecule has 7 nitrogen and oxygen atoms in total. The average Bonchev–Trinajstić information content (AvgIpc) is 2.71. The Morgan fingerprint density at radius 1 is 1.53 bits per heavy atom. The van der Waals surface area contributed by atoms with E-state index >= 15 is 0 Å². The minimum Gasteiger partial charge on any atom is -0.477 e. The van der Waals surface area contributed by atoms with Gasteiger partial charge in [-0.25, -0.2) is 9.78 Å². The zero-order valence-corrected chi connectivity index (χ0v) is 11.1. The number of thiophene rings is 1. The van der Waals surface area contributed by atoms with Crippen molar-refractivity contribution in [3.05, 3.63) is 27.1 Å². The highest BCUT2D eigenvalue weighted by Crippen LogP contribution is 2.26. The van der Waals surface area contributed by atoms with Crippen molar-refractivity contribution in [2.24, 2.45) is 0 Å². The normalized spacial score (nSPS) is 10.6. The molecule has 2 aromatic heterocycles. The van der Waals surface area contributed by atoms with Gasteiger partial charge in [-0.15, -0.1) is 11.3 Å². The van der Waals surface area contributed by atoms with Gasteiger partial charge in [0.1, 0.15) is 16.3 Å². The van der Waals surface area contributed by atoms with Crippen LogP contribution in [0.1, 0.15) is 15.2 Å². The van der Waals surface area contributed by atoms with E-state index in [-0.39, 0.29) is 22.7 Å². The number of nitrogens with zero attached hydrogens (tertiary/aromatic N) is 2. The molecule has 2 rings (SSSR count). The van der Waals surface area contributed by atoms with Gasteiger partial charge in [-0.2, -0.15) is 0 Å². The summed E-state index contributed by atoms with van der Waals surface area (Å²) in [4.78, 5) is 39.0. The number of carbonyl (C=O) groups excluding carboxylic acids is 1. The second kappa shape index (κ2) is 4.81. The van der Waals surface area contributed by atoms with Crippen LogP contribution in [0, 0.1) is 6.92 Å². The lowest BCUT2D eigenvalue weighted by atomic mass is 10.2. The molecule has 0 aromatic carbocycles. The second-order valence-corrected chi connectivity index (χ2v) is 4.89. The summed E-state index contributed by atoms with van der Waals surface area (Å²) in [5.74, 6) is -1.41. The molecule has 0 saturated heterocycles. The van der Waals surface area contributed by atoms with E-state index in [1.165, 1.54) is 13.4 Å². The van der Waals surface area contributed by atoms with Gasteiger partial charge in [0.25, 0.3) is 5.56 Å². The monoisotopic (exact) mass is 281 g/mol. The van der Waals surface area contributed by atoms with Gasteiger partial charge in [0.2, 0.25) is 5.91 Å². The van der Waals surface area contributed by atoms with Crippen LogP contribution in [-0.2, 0) is 11.3 Å². The highest BCUT2D eigenvalue weighted by molar-refractivity contribution is 7.20. The molecule has 2 N–H and O–H groups in total. The number of rotatable bonds is 3. The SMILES string of the molecule is CNC(=O)Cn1cnc2sc(C(=O)O)c(C)c2c1=O. The van der Waals surface area contributed by atoms with Crippen LogP contribution in [0.2, 0.25) is 0 Å². The maximum Gasteiger partial charge on any atom is 0.346 e. The molecule has 0 fully saturated rings. The summed E-state index contributed by atoms with van der Waals surface area (Å²) < 4.78 is 1.16. The summed E-state index contributed by atoms with van der Waals surface area (Å²) in [5.41, 5.74) is -0.0221. The van der Waals surface area contributed by atoms with Crippen LogP contribution in [0.5, 0.6) is 0 Å². The number of hydrogen-bond acceptors (Lipinski definition) is 5. The number of carbonyl (C=O) groups is 2. The third-order valence-corrected chi connectivity index (χ3v) is 3.89. The number of hydrogen-bond donors (Lipinski definition) is 2. The fraction of sp³-hybridized carbons (Fsp3) is 0.273. The maximum absolute atomic E-state index is 12.2. The predicted molar refractivity (Wildman–Crippen MR) is 69.6 cm³/mol. The Morgan fingerprint density at radius 3 is 2.79 bits per heavy atom. The molecule has 0 saturated carbocycles. The standard InChI is InChI=1S/C11H11N3O4S/c1-5-7-9(19-8(5)11(17)18)13-4-14(10(7)16)3-6(15)12-2/h4H,3H2,1-2H3,(H,12,15)(H,17,18). The molecule has 2 heterocycles. The molecule has 0 aliphatic carbocycles. The Bertz CT molecular complexity index is 731. The third kappa shape index (κ3) is 2.22. The highest BCUT2D eigenvalue weighted by Gasteiger charge is 2.19. The van der Waals surface area contributed by atoms with Crippen LogP contribution in [0.3, 0.4) is 0 Å². The molecule has 2 aromatic rings. The first-order valence-electron chi connectivity index (χ1n) is 5.38. The number of carboxylic acid groups (broad SMARTS) is 1. The summed E-state index contributed by atoms with van der Waals surface area (Å²) in [6, 6.07) is 0. The van der Waals surface area contributed by atoms with E-state index in [1.807, 2.05) is 0 Å². The number of nitrogens with one attached hydrogen (secondary N) is 1. The van der Waals surface area contributed by atoms with E-state index in [1.54, 1.807) is 6.92 Å². The van der Waals surface area contributed by atoms with E-state index in [2.05, 4.69) is 10.3 Å². The van der Waals surface area contributed by atoms with Crippen molar-refractivity contribution in [2.75, 3.05) is 7.05 Å². The molecule has 100 valence electrons. The number of aryl methyl sites for hydroxylation is 1. The van der Waals surface area contributed by atoms with Crippen LogP contribution >= 0.6 is 11.3 Å². The molecular weight excluding hydrogens is 270 g/mol. The van der Waals surface area contributed by atoms with Crippen LogP contribution in [-0.4, -0.2) is 33.6 Å². The fourth-order valence-electron chi connectivity index (χ4n) is 1.71. The summed E-state index contributed by atoms with van der Waals surface area (Å²) in [6.45, 7) is 1.42. The molecular formula is C11H11N3O4S. The molecule has 0 atom stereocenters. The van der Waals surface area contributed by atoms with Crippen molar-refractivity contribution in [3.8, 4) is 0 Å². The van der Waals surface area contributed by atoms with Gasteiger partial charge in [-0.05, 0) is 12.5 Å². The molecule has 0 aliphatic heterocycles. The Morgan fingerprint density at radius 2 is 2.21 bits per heavy atom. The number of aromatic carboxylic acids is 1. The lowest BCUT2D eigenvalue weighted by Gasteiger charge is -2.03. The zero-order valence-electron chi connectivity index (χ0n) is 10.3. The minimum atomic E-state index is -1.09. The van der Waals surface area contributed by atoms with Crippen molar-refractivity contribution in [1.29, 1.82) is 0 Å². The van der Waals surface area contributed by atoms with Crippen LogP contribution in [0.15, 0.2) is 11.1 Å². The summed E-state index contributed by atoms with van der Waals surface area (Å²) in [7, 11) is 1.47. The Labute approximate surface area is 111 Å². The first-order valence-corrected chi connectivity index (χ1v) is 6.19. The van der Waals surface area contributed by atoms with E-state index < -0.39 is 11.5 Å². The second-order valence-electron chi connectivity index (χ2n) is 3.89. The molecule has 0 bridgehead atoms. The molecule has 1 amide bonds.